The molecule has 0 saturated carbocycles. The number of hydrogen-bond donors (Lipinski definition) is 2. The highest BCUT2D eigenvalue weighted by atomic mass is 16.6. The SMILES string of the molecule is NCc1ccccc1NC(=O)c1ccc([N+](=O)[O-])o1. The van der Waals surface area contributed by atoms with Crippen LogP contribution in [0.3, 0.4) is 0 Å². The largest absolute Gasteiger partial charge is 0.433 e. The molecule has 0 aliphatic rings. The second-order valence-corrected chi connectivity index (χ2v) is 3.71. The van der Waals surface area contributed by atoms with Crippen LogP contribution in [-0.2, 0) is 6.54 Å². The second kappa shape index (κ2) is 5.32. The first-order valence-corrected chi connectivity index (χ1v) is 5.45. The normalized spacial score (nSPS) is 10.2. The summed E-state index contributed by atoms with van der Waals surface area (Å²) in [6.45, 7) is 0.273. The van der Waals surface area contributed by atoms with Crippen molar-refractivity contribution in [2.24, 2.45) is 5.73 Å². The van der Waals surface area contributed by atoms with E-state index in [1.54, 1.807) is 24.3 Å². The summed E-state index contributed by atoms with van der Waals surface area (Å²) in [5.41, 5.74) is 6.86. The lowest BCUT2D eigenvalue weighted by atomic mass is 10.2. The highest BCUT2D eigenvalue weighted by molar-refractivity contribution is 6.02. The molecule has 3 N–H and O–H groups in total. The number of benzene rings is 1. The van der Waals surface area contributed by atoms with E-state index in [0.29, 0.717) is 5.69 Å². The molecular weight excluding hydrogens is 250 g/mol. The summed E-state index contributed by atoms with van der Waals surface area (Å²) in [7, 11) is 0. The number of nitrogens with two attached hydrogens (primary N) is 1. The Morgan fingerprint density at radius 3 is 2.68 bits per heavy atom. The molecule has 7 heteroatoms. The number of nitrogens with zero attached hydrogens (tertiary/aromatic N) is 1. The van der Waals surface area contributed by atoms with Crippen LogP contribution in [0.15, 0.2) is 40.8 Å². The monoisotopic (exact) mass is 261 g/mol. The minimum Gasteiger partial charge on any atom is -0.395 e. The summed E-state index contributed by atoms with van der Waals surface area (Å²) in [5.74, 6) is -1.16. The number of amides is 1. The minimum atomic E-state index is -0.704. The number of hydrogen-bond acceptors (Lipinski definition) is 5. The maximum Gasteiger partial charge on any atom is 0.433 e. The fourth-order valence-corrected chi connectivity index (χ4v) is 1.55. The number of nitro groups is 1. The van der Waals surface area contributed by atoms with Gasteiger partial charge in [-0.2, -0.15) is 0 Å². The van der Waals surface area contributed by atoms with E-state index in [9.17, 15) is 14.9 Å². The van der Waals surface area contributed by atoms with E-state index < -0.39 is 16.7 Å². The number of nitrogens with one attached hydrogen (secondary N) is 1. The molecule has 0 saturated heterocycles. The van der Waals surface area contributed by atoms with E-state index in [-0.39, 0.29) is 12.3 Å². The summed E-state index contributed by atoms with van der Waals surface area (Å²) >= 11 is 0. The fourth-order valence-electron chi connectivity index (χ4n) is 1.55. The number of carbonyl (C=O) groups excluding carboxylic acids is 1. The van der Waals surface area contributed by atoms with Gasteiger partial charge in [-0.1, -0.05) is 18.2 Å². The van der Waals surface area contributed by atoms with Crippen LogP contribution in [0.2, 0.25) is 0 Å². The van der Waals surface area contributed by atoms with Gasteiger partial charge >= 0.3 is 5.88 Å². The topological polar surface area (TPSA) is 111 Å². The number of rotatable bonds is 4. The molecule has 1 heterocycles. The molecule has 2 rings (SSSR count). The Labute approximate surface area is 108 Å². The molecule has 0 aliphatic heterocycles. The number of para-hydroxylation sites is 1. The standard InChI is InChI=1S/C12H11N3O4/c13-7-8-3-1-2-4-9(8)14-12(16)10-5-6-11(19-10)15(17)18/h1-6H,7,13H2,(H,14,16). The lowest BCUT2D eigenvalue weighted by molar-refractivity contribution is -0.402. The van der Waals surface area contributed by atoms with Crippen LogP contribution in [0.4, 0.5) is 11.6 Å². The maximum atomic E-state index is 11.8. The van der Waals surface area contributed by atoms with Crippen LogP contribution in [0.5, 0.6) is 0 Å². The molecule has 7 nitrogen and oxygen atoms in total. The van der Waals surface area contributed by atoms with Gasteiger partial charge in [0.25, 0.3) is 5.91 Å². The summed E-state index contributed by atoms with van der Waals surface area (Å²) in [6, 6.07) is 9.40. The zero-order valence-electron chi connectivity index (χ0n) is 9.83. The molecule has 19 heavy (non-hydrogen) atoms. The molecule has 1 aromatic carbocycles. The Hall–Kier alpha value is -2.67. The summed E-state index contributed by atoms with van der Waals surface area (Å²) in [4.78, 5) is 21.6. The molecule has 98 valence electrons. The Kier molecular flexibility index (Phi) is 3.58. The smallest absolute Gasteiger partial charge is 0.395 e. The first-order valence-electron chi connectivity index (χ1n) is 5.45. The highest BCUT2D eigenvalue weighted by Crippen LogP contribution is 2.19. The average molecular weight is 261 g/mol. The molecule has 1 aromatic heterocycles. The minimum absolute atomic E-state index is 0.126. The molecule has 0 bridgehead atoms. The van der Waals surface area contributed by atoms with Gasteiger partial charge in [0.1, 0.15) is 4.92 Å². The molecular formula is C12H11N3O4. The second-order valence-electron chi connectivity index (χ2n) is 3.71. The lowest BCUT2D eigenvalue weighted by Crippen LogP contribution is -2.13. The van der Waals surface area contributed by atoms with E-state index in [2.05, 4.69) is 5.32 Å². The predicted octanol–water partition coefficient (Wildman–Crippen LogP) is 1.90. The first kappa shape index (κ1) is 12.8. The fraction of sp³-hybridized carbons (Fsp3) is 0.0833. The zero-order valence-corrected chi connectivity index (χ0v) is 9.83. The van der Waals surface area contributed by atoms with Gasteiger partial charge in [-0.25, -0.2) is 0 Å². The van der Waals surface area contributed by atoms with Crippen molar-refractivity contribution < 1.29 is 14.1 Å². The van der Waals surface area contributed by atoms with E-state index in [1.807, 2.05) is 0 Å². The van der Waals surface area contributed by atoms with Gasteiger partial charge in [0.05, 0.1) is 6.07 Å². The van der Waals surface area contributed by atoms with Crippen LogP contribution in [-0.4, -0.2) is 10.8 Å². The van der Waals surface area contributed by atoms with Crippen molar-refractivity contribution in [3.63, 3.8) is 0 Å². The first-order chi connectivity index (χ1) is 9.11. The Morgan fingerprint density at radius 1 is 1.32 bits per heavy atom. The van der Waals surface area contributed by atoms with Crippen LogP contribution in [0.1, 0.15) is 16.1 Å². The highest BCUT2D eigenvalue weighted by Gasteiger charge is 2.17. The third-order valence-corrected chi connectivity index (χ3v) is 2.48. The lowest BCUT2D eigenvalue weighted by Gasteiger charge is -2.07. The number of furan rings is 1. The van der Waals surface area contributed by atoms with Crippen LogP contribution >= 0.6 is 0 Å². The van der Waals surface area contributed by atoms with Gasteiger partial charge in [-0.05, 0) is 17.7 Å². The van der Waals surface area contributed by atoms with Crippen molar-refractivity contribution in [1.29, 1.82) is 0 Å². The van der Waals surface area contributed by atoms with E-state index >= 15 is 0 Å². The number of anilines is 1. The average Bonchev–Trinajstić information content (AvgIpc) is 2.89. The van der Waals surface area contributed by atoms with Gasteiger partial charge in [0.15, 0.2) is 5.76 Å². The Bertz CT molecular complexity index is 621. The number of carbonyl (C=O) groups is 1. The maximum absolute atomic E-state index is 11.8. The molecule has 0 fully saturated rings. The van der Waals surface area contributed by atoms with Gasteiger partial charge in [0.2, 0.25) is 0 Å². The molecule has 0 radical (unpaired) electrons. The summed E-state index contributed by atoms with van der Waals surface area (Å²) < 4.78 is 4.81. The van der Waals surface area contributed by atoms with Gasteiger partial charge in [-0.3, -0.25) is 14.9 Å². The van der Waals surface area contributed by atoms with Gasteiger partial charge < -0.3 is 15.5 Å². The van der Waals surface area contributed by atoms with Crippen molar-refractivity contribution in [2.75, 3.05) is 5.32 Å². The van der Waals surface area contributed by atoms with Crippen molar-refractivity contribution in [2.45, 2.75) is 6.54 Å². The Balaban J connectivity index is 2.18. The van der Waals surface area contributed by atoms with E-state index in [0.717, 1.165) is 11.6 Å². The van der Waals surface area contributed by atoms with Crippen LogP contribution in [0.25, 0.3) is 0 Å². The van der Waals surface area contributed by atoms with Gasteiger partial charge in [-0.15, -0.1) is 0 Å². The molecule has 0 aliphatic carbocycles. The third-order valence-electron chi connectivity index (χ3n) is 2.48. The van der Waals surface area contributed by atoms with E-state index in [1.165, 1.54) is 6.07 Å². The molecule has 0 spiro atoms. The van der Waals surface area contributed by atoms with Crippen LogP contribution < -0.4 is 11.1 Å². The molecule has 2 aromatic rings. The van der Waals surface area contributed by atoms with Crippen molar-refractivity contribution >= 4 is 17.5 Å². The summed E-state index contributed by atoms with van der Waals surface area (Å²) in [6.07, 6.45) is 0. The molecule has 1 amide bonds. The molecule has 0 unspecified atom stereocenters. The summed E-state index contributed by atoms with van der Waals surface area (Å²) in [5, 5.41) is 13.1. The zero-order chi connectivity index (χ0) is 13.8. The van der Waals surface area contributed by atoms with E-state index in [4.69, 9.17) is 10.2 Å². The van der Waals surface area contributed by atoms with Gasteiger partial charge in [0, 0.05) is 12.2 Å². The third kappa shape index (κ3) is 2.78. The molecule has 0 atom stereocenters. The quantitative estimate of drug-likeness (QED) is 0.644. The van der Waals surface area contributed by atoms with Crippen molar-refractivity contribution in [1.82, 2.24) is 0 Å². The van der Waals surface area contributed by atoms with Crippen molar-refractivity contribution in [3.8, 4) is 0 Å². The predicted molar refractivity (Wildman–Crippen MR) is 67.6 cm³/mol. The van der Waals surface area contributed by atoms with Crippen LogP contribution in [0, 0.1) is 10.1 Å². The van der Waals surface area contributed by atoms with Crippen molar-refractivity contribution in [3.05, 3.63) is 57.8 Å². The Morgan fingerprint density at radius 2 is 2.05 bits per heavy atom.